The van der Waals surface area contributed by atoms with Crippen LogP contribution in [0.2, 0.25) is 0 Å². The normalized spacial score (nSPS) is 11.2. The molecule has 5 nitrogen and oxygen atoms in total. The Morgan fingerprint density at radius 3 is 2.66 bits per heavy atom. The number of pyridine rings is 1. The molecule has 0 atom stereocenters. The number of aryl methyl sites for hydroxylation is 1. The Morgan fingerprint density at radius 2 is 1.81 bits per heavy atom. The lowest BCUT2D eigenvalue weighted by Crippen LogP contribution is -2.07. The van der Waals surface area contributed by atoms with Crippen molar-refractivity contribution >= 4 is 44.7 Å². The highest BCUT2D eigenvalue weighted by atomic mass is 32.1. The Kier molecular flexibility index (Phi) is 5.60. The van der Waals surface area contributed by atoms with Crippen molar-refractivity contribution in [1.29, 1.82) is 0 Å². The van der Waals surface area contributed by atoms with Gasteiger partial charge in [0.25, 0.3) is 0 Å². The van der Waals surface area contributed by atoms with Crippen LogP contribution in [-0.2, 0) is 12.8 Å². The van der Waals surface area contributed by atoms with Crippen LogP contribution in [0.15, 0.2) is 72.2 Å². The Labute approximate surface area is 189 Å². The van der Waals surface area contributed by atoms with Gasteiger partial charge in [-0.05, 0) is 47.9 Å². The number of nitrogens with zero attached hydrogens (tertiary/aromatic N) is 2. The molecule has 0 aliphatic heterocycles. The van der Waals surface area contributed by atoms with Crippen LogP contribution >= 0.6 is 11.3 Å². The first-order valence-corrected chi connectivity index (χ1v) is 11.5. The van der Waals surface area contributed by atoms with E-state index in [0.717, 1.165) is 29.1 Å². The molecule has 6 heteroatoms. The number of carbonyl (C=O) groups excluding carboxylic acids is 2. The van der Waals surface area contributed by atoms with E-state index in [1.165, 1.54) is 4.88 Å². The number of Topliss-reactive ketones (excluding diaryl/α,β-unsaturated/α-hetero) is 2. The van der Waals surface area contributed by atoms with E-state index in [2.05, 4.69) is 26.4 Å². The number of benzene rings is 2. The summed E-state index contributed by atoms with van der Waals surface area (Å²) >= 11 is 1.71. The Hall–Kier alpha value is -3.64. The van der Waals surface area contributed by atoms with E-state index in [9.17, 15) is 9.59 Å². The van der Waals surface area contributed by atoms with Crippen LogP contribution in [0.3, 0.4) is 0 Å². The number of carbonyl (C=O) groups is 2. The van der Waals surface area contributed by atoms with Crippen molar-refractivity contribution < 1.29 is 9.59 Å². The van der Waals surface area contributed by atoms with Crippen molar-refractivity contribution in [3.63, 3.8) is 0 Å². The van der Waals surface area contributed by atoms with Crippen LogP contribution in [0.5, 0.6) is 0 Å². The number of rotatable bonds is 8. The number of hydrogen-bond donors (Lipinski definition) is 1. The van der Waals surface area contributed by atoms with Gasteiger partial charge >= 0.3 is 0 Å². The molecule has 32 heavy (non-hydrogen) atoms. The molecular weight excluding hydrogens is 418 g/mol. The van der Waals surface area contributed by atoms with Crippen molar-refractivity contribution in [2.45, 2.75) is 25.7 Å². The zero-order valence-corrected chi connectivity index (χ0v) is 18.2. The van der Waals surface area contributed by atoms with Gasteiger partial charge in [0.2, 0.25) is 0 Å². The van der Waals surface area contributed by atoms with Gasteiger partial charge in [-0.3, -0.25) is 14.6 Å². The lowest BCUT2D eigenvalue weighted by molar-refractivity contribution is 0.0976. The molecule has 0 saturated heterocycles. The number of imidazole rings is 1. The molecule has 0 unspecified atom stereocenters. The van der Waals surface area contributed by atoms with Gasteiger partial charge in [-0.15, -0.1) is 11.3 Å². The molecule has 5 rings (SSSR count). The van der Waals surface area contributed by atoms with E-state index >= 15 is 0 Å². The van der Waals surface area contributed by atoms with Crippen molar-refractivity contribution in [2.75, 3.05) is 0 Å². The summed E-state index contributed by atoms with van der Waals surface area (Å²) < 4.78 is 0. The fraction of sp³-hybridized carbons (Fsp3) is 0.154. The van der Waals surface area contributed by atoms with E-state index in [4.69, 9.17) is 0 Å². The van der Waals surface area contributed by atoms with Crippen LogP contribution < -0.4 is 0 Å². The van der Waals surface area contributed by atoms with Gasteiger partial charge in [-0.1, -0.05) is 36.4 Å². The number of ketones is 2. The first-order chi connectivity index (χ1) is 15.7. The second kappa shape index (κ2) is 8.85. The number of thiophene rings is 1. The van der Waals surface area contributed by atoms with Crippen LogP contribution in [-0.4, -0.2) is 26.5 Å². The average Bonchev–Trinajstić information content (AvgIpc) is 3.47. The second-order valence-electron chi connectivity index (χ2n) is 7.76. The molecule has 0 fully saturated rings. The third-order valence-corrected chi connectivity index (χ3v) is 6.45. The largest absolute Gasteiger partial charge is 0.342 e. The smallest absolute Gasteiger partial charge is 0.188 e. The Morgan fingerprint density at radius 1 is 0.938 bits per heavy atom. The number of nitrogens with one attached hydrogen (secondary N) is 1. The third kappa shape index (κ3) is 4.22. The zero-order valence-electron chi connectivity index (χ0n) is 17.4. The third-order valence-electron chi connectivity index (χ3n) is 5.51. The quantitative estimate of drug-likeness (QED) is 0.310. The maximum atomic E-state index is 12.8. The Bertz CT molecular complexity index is 1420. The standard InChI is InChI=1S/C26H21N3O2S/c30-23(12-3-8-19-9-5-13-32-19)20-10-4-11-21-26(20)29-25(28-21)15-24(31)22-14-17-6-1-2-7-18(17)16-27-22/h1-2,4-7,9-11,13-14,16H,3,8,12,15H2,(H,28,29). The molecular formula is C26H21N3O2S. The molecule has 0 bridgehead atoms. The predicted molar refractivity (Wildman–Crippen MR) is 127 cm³/mol. The second-order valence-corrected chi connectivity index (χ2v) is 8.79. The van der Waals surface area contributed by atoms with Gasteiger partial charge in [0.05, 0.1) is 17.5 Å². The average molecular weight is 440 g/mol. The van der Waals surface area contributed by atoms with Gasteiger partial charge in [-0.2, -0.15) is 0 Å². The van der Waals surface area contributed by atoms with Gasteiger partial charge in [0.1, 0.15) is 11.5 Å². The molecule has 1 N–H and O–H groups in total. The summed E-state index contributed by atoms with van der Waals surface area (Å²) in [6, 6.07) is 19.3. The molecule has 0 radical (unpaired) electrons. The maximum Gasteiger partial charge on any atom is 0.188 e. The molecule has 0 aliphatic rings. The van der Waals surface area contributed by atoms with Gasteiger partial charge < -0.3 is 4.98 Å². The van der Waals surface area contributed by atoms with Gasteiger partial charge in [0.15, 0.2) is 11.6 Å². The number of aromatic amines is 1. The summed E-state index contributed by atoms with van der Waals surface area (Å²) in [6.07, 6.45) is 4.00. The fourth-order valence-corrected chi connectivity index (χ4v) is 4.63. The lowest BCUT2D eigenvalue weighted by atomic mass is 10.0. The molecule has 0 spiro atoms. The minimum atomic E-state index is -0.112. The molecule has 2 aromatic carbocycles. The van der Waals surface area contributed by atoms with Crippen molar-refractivity contribution in [1.82, 2.24) is 15.0 Å². The van der Waals surface area contributed by atoms with Crippen molar-refractivity contribution in [3.05, 3.63) is 94.2 Å². The minimum Gasteiger partial charge on any atom is -0.342 e. The first-order valence-electron chi connectivity index (χ1n) is 10.6. The van der Waals surface area contributed by atoms with E-state index < -0.39 is 0 Å². The fourth-order valence-electron chi connectivity index (χ4n) is 3.88. The molecule has 0 aliphatic carbocycles. The van der Waals surface area contributed by atoms with Crippen molar-refractivity contribution in [2.24, 2.45) is 0 Å². The van der Waals surface area contributed by atoms with E-state index in [1.54, 1.807) is 17.5 Å². The number of hydrogen-bond acceptors (Lipinski definition) is 5. The van der Waals surface area contributed by atoms with E-state index in [-0.39, 0.29) is 18.0 Å². The zero-order chi connectivity index (χ0) is 21.9. The number of para-hydroxylation sites is 1. The molecule has 3 heterocycles. The number of fused-ring (bicyclic) bond motifs is 2. The van der Waals surface area contributed by atoms with Gasteiger partial charge in [0, 0.05) is 28.4 Å². The number of H-pyrrole nitrogens is 1. The van der Waals surface area contributed by atoms with Crippen molar-refractivity contribution in [3.8, 4) is 0 Å². The van der Waals surface area contributed by atoms with Crippen LogP contribution in [0.4, 0.5) is 0 Å². The molecule has 158 valence electrons. The number of aromatic nitrogens is 3. The van der Waals surface area contributed by atoms with E-state index in [1.807, 2.05) is 54.6 Å². The molecule has 0 saturated carbocycles. The topological polar surface area (TPSA) is 75.7 Å². The summed E-state index contributed by atoms with van der Waals surface area (Å²) in [7, 11) is 0. The lowest BCUT2D eigenvalue weighted by Gasteiger charge is -2.02. The first kappa shape index (κ1) is 20.3. The summed E-state index contributed by atoms with van der Waals surface area (Å²) in [6.45, 7) is 0. The predicted octanol–water partition coefficient (Wildman–Crippen LogP) is 5.80. The summed E-state index contributed by atoms with van der Waals surface area (Å²) in [5.74, 6) is 0.505. The summed E-state index contributed by atoms with van der Waals surface area (Å²) in [5.41, 5.74) is 2.41. The molecule has 5 aromatic rings. The monoisotopic (exact) mass is 439 g/mol. The molecule has 3 aromatic heterocycles. The highest BCUT2D eigenvalue weighted by Gasteiger charge is 2.16. The minimum absolute atomic E-state index is 0.0766. The Balaban J connectivity index is 1.32. The SMILES string of the molecule is O=C(Cc1nc2c(C(=O)CCCc3cccs3)cccc2[nH]1)c1cc2ccccc2cn1. The van der Waals surface area contributed by atoms with Crippen LogP contribution in [0, 0.1) is 0 Å². The highest BCUT2D eigenvalue weighted by Crippen LogP contribution is 2.21. The molecule has 0 amide bonds. The highest BCUT2D eigenvalue weighted by molar-refractivity contribution is 7.09. The van der Waals surface area contributed by atoms with Gasteiger partial charge in [-0.25, -0.2) is 4.98 Å². The maximum absolute atomic E-state index is 12.8. The van der Waals surface area contributed by atoms with E-state index in [0.29, 0.717) is 29.0 Å². The summed E-state index contributed by atoms with van der Waals surface area (Å²) in [4.78, 5) is 39.1. The van der Waals surface area contributed by atoms with Crippen LogP contribution in [0.25, 0.3) is 21.8 Å². The summed E-state index contributed by atoms with van der Waals surface area (Å²) in [5, 5.41) is 4.03. The van der Waals surface area contributed by atoms with Crippen LogP contribution in [0.1, 0.15) is 44.4 Å².